The van der Waals surface area contributed by atoms with Gasteiger partial charge in [-0.25, -0.2) is 4.79 Å². The summed E-state index contributed by atoms with van der Waals surface area (Å²) in [5, 5.41) is 7.67. The number of urea groups is 1. The van der Waals surface area contributed by atoms with Crippen LogP contribution >= 0.6 is 23.2 Å². The summed E-state index contributed by atoms with van der Waals surface area (Å²) >= 11 is 11.9. The molecule has 0 atom stereocenters. The van der Waals surface area contributed by atoms with E-state index < -0.39 is 0 Å². The molecule has 26 heavy (non-hydrogen) atoms. The molecule has 2 amide bonds. The van der Waals surface area contributed by atoms with Gasteiger partial charge in [-0.2, -0.15) is 4.98 Å². The molecule has 0 saturated carbocycles. The van der Waals surface area contributed by atoms with E-state index in [2.05, 4.69) is 15.5 Å². The Balaban J connectivity index is 1.40. The molecule has 0 aliphatic carbocycles. The number of carbonyl (C=O) groups is 1. The first kappa shape index (κ1) is 18.8. The van der Waals surface area contributed by atoms with Crippen molar-refractivity contribution in [2.45, 2.75) is 26.3 Å². The molecule has 2 heterocycles. The van der Waals surface area contributed by atoms with Crippen LogP contribution < -0.4 is 10.1 Å². The van der Waals surface area contributed by atoms with Gasteiger partial charge in [-0.3, -0.25) is 0 Å². The number of nitrogens with zero attached hydrogens (tertiary/aromatic N) is 3. The number of likely N-dealkylation sites (tertiary alicyclic amines) is 1. The molecule has 1 aromatic carbocycles. The molecule has 9 heteroatoms. The van der Waals surface area contributed by atoms with E-state index in [0.29, 0.717) is 53.1 Å². The van der Waals surface area contributed by atoms with E-state index in [4.69, 9.17) is 32.5 Å². The molecular formula is C17H20Cl2N4O3. The highest BCUT2D eigenvalue weighted by Crippen LogP contribution is 2.26. The van der Waals surface area contributed by atoms with Crippen molar-refractivity contribution in [2.24, 2.45) is 5.92 Å². The SMILES string of the molecule is Cc1nc(CNC(=O)N2CCC(COc3cc(Cl)cc(Cl)c3)CC2)no1. The van der Waals surface area contributed by atoms with Crippen molar-refractivity contribution in [3.8, 4) is 5.75 Å². The number of hydrogen-bond acceptors (Lipinski definition) is 5. The largest absolute Gasteiger partial charge is 0.493 e. The summed E-state index contributed by atoms with van der Waals surface area (Å²) in [6.07, 6.45) is 1.76. The fourth-order valence-corrected chi connectivity index (χ4v) is 3.31. The molecule has 7 nitrogen and oxygen atoms in total. The lowest BCUT2D eigenvalue weighted by Crippen LogP contribution is -2.45. The standard InChI is InChI=1S/C17H20Cl2N4O3/c1-11-21-16(22-26-11)9-20-17(24)23-4-2-12(3-5-23)10-25-15-7-13(18)6-14(19)8-15/h6-8,12H,2-5,9-10H2,1H3,(H,20,24). The summed E-state index contributed by atoms with van der Waals surface area (Å²) in [6, 6.07) is 5.04. The van der Waals surface area contributed by atoms with Crippen LogP contribution in [0.5, 0.6) is 5.75 Å². The predicted molar refractivity (Wildman–Crippen MR) is 97.5 cm³/mol. The third-order valence-corrected chi connectivity index (χ3v) is 4.63. The maximum Gasteiger partial charge on any atom is 0.317 e. The van der Waals surface area contributed by atoms with E-state index in [1.165, 1.54) is 0 Å². The molecule has 1 aliphatic rings. The Morgan fingerprint density at radius 3 is 2.62 bits per heavy atom. The molecule has 0 radical (unpaired) electrons. The van der Waals surface area contributed by atoms with E-state index in [1.807, 2.05) is 0 Å². The Bertz CT molecular complexity index is 740. The molecule has 0 spiro atoms. The number of amides is 2. The first-order valence-electron chi connectivity index (χ1n) is 8.40. The summed E-state index contributed by atoms with van der Waals surface area (Å²) in [7, 11) is 0. The molecule has 1 fully saturated rings. The average molecular weight is 399 g/mol. The van der Waals surface area contributed by atoms with E-state index >= 15 is 0 Å². The van der Waals surface area contributed by atoms with E-state index in [-0.39, 0.29) is 12.6 Å². The number of carbonyl (C=O) groups excluding carboxylic acids is 1. The fourth-order valence-electron chi connectivity index (χ4n) is 2.81. The van der Waals surface area contributed by atoms with Crippen molar-refractivity contribution in [1.82, 2.24) is 20.4 Å². The van der Waals surface area contributed by atoms with Gasteiger partial charge in [0.15, 0.2) is 5.82 Å². The van der Waals surface area contributed by atoms with Gasteiger partial charge >= 0.3 is 6.03 Å². The zero-order valence-corrected chi connectivity index (χ0v) is 15.9. The second kappa shape index (κ2) is 8.60. The number of nitrogens with one attached hydrogen (secondary N) is 1. The molecule has 0 unspecified atom stereocenters. The van der Waals surface area contributed by atoms with Crippen LogP contribution in [0.15, 0.2) is 22.7 Å². The third kappa shape index (κ3) is 5.25. The minimum absolute atomic E-state index is 0.117. The molecule has 1 N–H and O–H groups in total. The maximum atomic E-state index is 12.2. The Morgan fingerprint density at radius 1 is 1.31 bits per heavy atom. The van der Waals surface area contributed by atoms with Gasteiger partial charge in [-0.05, 0) is 37.0 Å². The molecule has 1 saturated heterocycles. The first-order chi connectivity index (χ1) is 12.5. The number of aromatic nitrogens is 2. The maximum absolute atomic E-state index is 12.2. The minimum atomic E-state index is -0.117. The minimum Gasteiger partial charge on any atom is -0.493 e. The fraction of sp³-hybridized carbons (Fsp3) is 0.471. The van der Waals surface area contributed by atoms with Crippen LogP contribution in [0, 0.1) is 12.8 Å². The van der Waals surface area contributed by atoms with Crippen molar-refractivity contribution in [3.05, 3.63) is 40.0 Å². The second-order valence-corrected chi connectivity index (χ2v) is 7.11. The lowest BCUT2D eigenvalue weighted by Gasteiger charge is -2.31. The molecule has 140 valence electrons. The zero-order valence-electron chi connectivity index (χ0n) is 14.4. The Kier molecular flexibility index (Phi) is 6.21. The smallest absolute Gasteiger partial charge is 0.317 e. The van der Waals surface area contributed by atoms with Crippen molar-refractivity contribution in [2.75, 3.05) is 19.7 Å². The lowest BCUT2D eigenvalue weighted by atomic mass is 9.98. The summed E-state index contributed by atoms with van der Waals surface area (Å²) in [4.78, 5) is 18.1. The summed E-state index contributed by atoms with van der Waals surface area (Å²) in [5.41, 5.74) is 0. The van der Waals surface area contributed by atoms with Gasteiger partial charge in [0.25, 0.3) is 0 Å². The molecular weight excluding hydrogens is 379 g/mol. The lowest BCUT2D eigenvalue weighted by molar-refractivity contribution is 0.145. The number of benzene rings is 1. The van der Waals surface area contributed by atoms with E-state index in [1.54, 1.807) is 30.0 Å². The number of halogens is 2. The Morgan fingerprint density at radius 2 is 2.00 bits per heavy atom. The quantitative estimate of drug-likeness (QED) is 0.830. The van der Waals surface area contributed by atoms with Gasteiger partial charge < -0.3 is 19.5 Å². The van der Waals surface area contributed by atoms with Crippen LogP contribution in [0.3, 0.4) is 0 Å². The Labute approximate surface area is 161 Å². The van der Waals surface area contributed by atoms with Crippen molar-refractivity contribution in [1.29, 1.82) is 0 Å². The highest BCUT2D eigenvalue weighted by molar-refractivity contribution is 6.34. The van der Waals surface area contributed by atoms with Crippen LogP contribution in [0.4, 0.5) is 4.79 Å². The van der Waals surface area contributed by atoms with Crippen molar-refractivity contribution >= 4 is 29.2 Å². The zero-order chi connectivity index (χ0) is 18.5. The number of ether oxygens (including phenoxy) is 1. The third-order valence-electron chi connectivity index (χ3n) is 4.19. The van der Waals surface area contributed by atoms with Gasteiger partial charge in [-0.1, -0.05) is 28.4 Å². The molecule has 1 aliphatic heterocycles. The molecule has 1 aromatic heterocycles. The molecule has 2 aromatic rings. The average Bonchev–Trinajstić information content (AvgIpc) is 3.03. The highest BCUT2D eigenvalue weighted by atomic mass is 35.5. The number of piperidine rings is 1. The van der Waals surface area contributed by atoms with E-state index in [9.17, 15) is 4.79 Å². The van der Waals surface area contributed by atoms with Gasteiger partial charge in [0.1, 0.15) is 5.75 Å². The van der Waals surface area contributed by atoms with Gasteiger partial charge in [-0.15, -0.1) is 0 Å². The predicted octanol–water partition coefficient (Wildman–Crippen LogP) is 3.69. The number of aryl methyl sites for hydroxylation is 1. The highest BCUT2D eigenvalue weighted by Gasteiger charge is 2.23. The summed E-state index contributed by atoms with van der Waals surface area (Å²) < 4.78 is 10.7. The normalized spacial score (nSPS) is 15.1. The molecule has 0 bridgehead atoms. The van der Waals surface area contributed by atoms with Gasteiger partial charge in [0, 0.05) is 30.1 Å². The topological polar surface area (TPSA) is 80.5 Å². The second-order valence-electron chi connectivity index (χ2n) is 6.23. The van der Waals surface area contributed by atoms with E-state index in [0.717, 1.165) is 12.8 Å². The molecule has 3 rings (SSSR count). The Hall–Kier alpha value is -1.99. The first-order valence-corrected chi connectivity index (χ1v) is 9.16. The van der Waals surface area contributed by atoms with Gasteiger partial charge in [0.2, 0.25) is 5.89 Å². The van der Waals surface area contributed by atoms with Crippen LogP contribution in [0.1, 0.15) is 24.6 Å². The van der Waals surface area contributed by atoms with Crippen LogP contribution in [-0.2, 0) is 6.54 Å². The number of rotatable bonds is 5. The van der Waals surface area contributed by atoms with Crippen molar-refractivity contribution < 1.29 is 14.1 Å². The van der Waals surface area contributed by atoms with Crippen molar-refractivity contribution in [3.63, 3.8) is 0 Å². The summed E-state index contributed by atoms with van der Waals surface area (Å²) in [5.74, 6) is 2.00. The van der Waals surface area contributed by atoms with Crippen LogP contribution in [0.2, 0.25) is 10.0 Å². The summed E-state index contributed by atoms with van der Waals surface area (Å²) in [6.45, 7) is 3.91. The number of hydrogen-bond donors (Lipinski definition) is 1. The monoisotopic (exact) mass is 398 g/mol. The van der Waals surface area contributed by atoms with Gasteiger partial charge in [0.05, 0.1) is 13.2 Å². The van der Waals surface area contributed by atoms with Crippen LogP contribution in [-0.4, -0.2) is 40.8 Å². The van der Waals surface area contributed by atoms with Crippen LogP contribution in [0.25, 0.3) is 0 Å².